The zero-order chi connectivity index (χ0) is 19.9. The van der Waals surface area contributed by atoms with Crippen molar-refractivity contribution in [1.82, 2.24) is 10.2 Å². The summed E-state index contributed by atoms with van der Waals surface area (Å²) >= 11 is 0. The highest BCUT2D eigenvalue weighted by Crippen LogP contribution is 2.47. The number of nitrogens with zero attached hydrogens (tertiary/aromatic N) is 2. The van der Waals surface area contributed by atoms with Gasteiger partial charge in [0.25, 0.3) is 0 Å². The summed E-state index contributed by atoms with van der Waals surface area (Å²) in [5.74, 6) is 0.771. The van der Waals surface area contributed by atoms with Crippen LogP contribution < -0.4 is 15.0 Å². The molecule has 28 heavy (non-hydrogen) atoms. The summed E-state index contributed by atoms with van der Waals surface area (Å²) < 4.78 is 5.36. The quantitative estimate of drug-likeness (QED) is 0.892. The number of hydrogen-bond donors (Lipinski definition) is 1. The molecule has 0 aliphatic carbocycles. The van der Waals surface area contributed by atoms with Gasteiger partial charge in [0.2, 0.25) is 5.91 Å². The minimum absolute atomic E-state index is 0.0459. The molecule has 1 atom stereocenters. The molecule has 0 aromatic heterocycles. The van der Waals surface area contributed by atoms with Crippen LogP contribution in [0.15, 0.2) is 42.5 Å². The number of fused-ring (bicyclic) bond motifs is 2. The number of likely N-dealkylation sites (tertiary alicyclic amines) is 1. The monoisotopic (exact) mass is 379 g/mol. The van der Waals surface area contributed by atoms with Crippen LogP contribution >= 0.6 is 0 Å². The third-order valence-electron chi connectivity index (χ3n) is 5.92. The molecule has 0 radical (unpaired) electrons. The number of amides is 3. The Kier molecular flexibility index (Phi) is 4.49. The SMILES string of the molecule is COc1ccc2c(c1)C1(CCN(C(=O)NCc3ccc(C)cc3)C1)C(=O)N2C. The Morgan fingerprint density at radius 3 is 2.68 bits per heavy atom. The first-order valence-corrected chi connectivity index (χ1v) is 9.49. The molecule has 0 bridgehead atoms. The number of rotatable bonds is 3. The van der Waals surface area contributed by atoms with Gasteiger partial charge in [0, 0.05) is 32.4 Å². The molecule has 1 fully saturated rings. The minimum Gasteiger partial charge on any atom is -0.497 e. The molecule has 146 valence electrons. The number of urea groups is 1. The molecule has 1 unspecified atom stereocenters. The number of aryl methyl sites for hydroxylation is 1. The molecular formula is C22H25N3O3. The molecule has 6 nitrogen and oxygen atoms in total. The van der Waals surface area contributed by atoms with Crippen molar-refractivity contribution in [1.29, 1.82) is 0 Å². The highest BCUT2D eigenvalue weighted by molar-refractivity contribution is 6.08. The molecule has 2 aromatic carbocycles. The van der Waals surface area contributed by atoms with Gasteiger partial charge in [-0.2, -0.15) is 0 Å². The smallest absolute Gasteiger partial charge is 0.317 e. The molecule has 4 rings (SSSR count). The zero-order valence-electron chi connectivity index (χ0n) is 16.5. The molecule has 1 saturated heterocycles. The molecular weight excluding hydrogens is 354 g/mol. The van der Waals surface area contributed by atoms with Gasteiger partial charge in [-0.3, -0.25) is 4.79 Å². The van der Waals surface area contributed by atoms with Crippen molar-refractivity contribution in [2.45, 2.75) is 25.3 Å². The third kappa shape index (κ3) is 2.89. The number of hydrogen-bond acceptors (Lipinski definition) is 3. The average molecular weight is 379 g/mol. The topological polar surface area (TPSA) is 61.9 Å². The van der Waals surface area contributed by atoms with Crippen LogP contribution in [0.4, 0.5) is 10.5 Å². The third-order valence-corrected chi connectivity index (χ3v) is 5.92. The number of ether oxygens (including phenoxy) is 1. The van der Waals surface area contributed by atoms with E-state index in [0.717, 1.165) is 22.6 Å². The number of likely N-dealkylation sites (N-methyl/N-ethyl adjacent to an activating group) is 1. The van der Waals surface area contributed by atoms with Gasteiger partial charge in [-0.05, 0) is 42.7 Å². The van der Waals surface area contributed by atoms with Crippen LogP contribution in [-0.4, -0.2) is 44.1 Å². The van der Waals surface area contributed by atoms with Crippen molar-refractivity contribution in [3.8, 4) is 5.75 Å². The maximum absolute atomic E-state index is 13.1. The fourth-order valence-corrected chi connectivity index (χ4v) is 4.24. The molecule has 3 amide bonds. The Morgan fingerprint density at radius 1 is 1.21 bits per heavy atom. The van der Waals surface area contributed by atoms with Crippen LogP contribution in [0.5, 0.6) is 5.75 Å². The van der Waals surface area contributed by atoms with E-state index in [4.69, 9.17) is 4.74 Å². The maximum Gasteiger partial charge on any atom is 0.317 e. The Morgan fingerprint density at radius 2 is 1.96 bits per heavy atom. The van der Waals surface area contributed by atoms with E-state index in [1.807, 2.05) is 49.4 Å². The van der Waals surface area contributed by atoms with Crippen LogP contribution in [0.3, 0.4) is 0 Å². The lowest BCUT2D eigenvalue weighted by atomic mass is 9.81. The molecule has 2 aliphatic heterocycles. The molecule has 2 aromatic rings. The first-order valence-electron chi connectivity index (χ1n) is 9.49. The Bertz CT molecular complexity index is 925. The summed E-state index contributed by atoms with van der Waals surface area (Å²) in [5, 5.41) is 2.98. The van der Waals surface area contributed by atoms with Gasteiger partial charge in [-0.15, -0.1) is 0 Å². The van der Waals surface area contributed by atoms with Gasteiger partial charge in [0.05, 0.1) is 12.5 Å². The van der Waals surface area contributed by atoms with Crippen molar-refractivity contribution in [3.63, 3.8) is 0 Å². The second-order valence-electron chi connectivity index (χ2n) is 7.65. The number of carbonyl (C=O) groups is 2. The summed E-state index contributed by atoms with van der Waals surface area (Å²) in [5.41, 5.74) is 3.41. The lowest BCUT2D eigenvalue weighted by Gasteiger charge is -2.24. The fraction of sp³-hybridized carbons (Fsp3) is 0.364. The summed E-state index contributed by atoms with van der Waals surface area (Å²) in [6.45, 7) is 3.45. The minimum atomic E-state index is -0.681. The number of nitrogens with one attached hydrogen (secondary N) is 1. The van der Waals surface area contributed by atoms with E-state index >= 15 is 0 Å². The van der Waals surface area contributed by atoms with Crippen LogP contribution in [0.25, 0.3) is 0 Å². The van der Waals surface area contributed by atoms with E-state index in [0.29, 0.717) is 26.1 Å². The molecule has 2 heterocycles. The first-order chi connectivity index (χ1) is 13.4. The average Bonchev–Trinajstić information content (AvgIpc) is 3.25. The van der Waals surface area contributed by atoms with Gasteiger partial charge in [-0.1, -0.05) is 29.8 Å². The van der Waals surface area contributed by atoms with E-state index in [9.17, 15) is 9.59 Å². The second-order valence-corrected chi connectivity index (χ2v) is 7.65. The maximum atomic E-state index is 13.1. The van der Waals surface area contributed by atoms with Crippen LogP contribution in [-0.2, 0) is 16.8 Å². The summed E-state index contributed by atoms with van der Waals surface area (Å²) in [4.78, 5) is 29.2. The fourth-order valence-electron chi connectivity index (χ4n) is 4.24. The Labute approximate surface area is 165 Å². The molecule has 6 heteroatoms. The number of carbonyl (C=O) groups excluding carboxylic acids is 2. The molecule has 0 saturated carbocycles. The second kappa shape index (κ2) is 6.86. The van der Waals surface area contributed by atoms with Crippen molar-refractivity contribution in [2.24, 2.45) is 0 Å². The van der Waals surface area contributed by atoms with E-state index < -0.39 is 5.41 Å². The predicted octanol–water partition coefficient (Wildman–Crippen LogP) is 2.83. The number of methoxy groups -OCH3 is 1. The normalized spacial score (nSPS) is 20.6. The van der Waals surface area contributed by atoms with E-state index in [1.165, 1.54) is 5.56 Å². The highest BCUT2D eigenvalue weighted by Gasteiger charge is 2.54. The number of benzene rings is 2. The van der Waals surface area contributed by atoms with Gasteiger partial charge in [0.15, 0.2) is 0 Å². The Hall–Kier alpha value is -3.02. The van der Waals surface area contributed by atoms with Crippen molar-refractivity contribution in [3.05, 3.63) is 59.2 Å². The largest absolute Gasteiger partial charge is 0.497 e. The van der Waals surface area contributed by atoms with E-state index in [1.54, 1.807) is 24.0 Å². The van der Waals surface area contributed by atoms with Gasteiger partial charge in [0.1, 0.15) is 5.75 Å². The summed E-state index contributed by atoms with van der Waals surface area (Å²) in [6.07, 6.45) is 0.619. The van der Waals surface area contributed by atoms with Crippen molar-refractivity contribution in [2.75, 3.05) is 32.1 Å². The summed E-state index contributed by atoms with van der Waals surface area (Å²) in [7, 11) is 3.41. The van der Waals surface area contributed by atoms with Gasteiger partial charge >= 0.3 is 6.03 Å². The van der Waals surface area contributed by atoms with E-state index in [2.05, 4.69) is 5.32 Å². The van der Waals surface area contributed by atoms with Crippen molar-refractivity contribution < 1.29 is 14.3 Å². The predicted molar refractivity (Wildman–Crippen MR) is 108 cm³/mol. The highest BCUT2D eigenvalue weighted by atomic mass is 16.5. The van der Waals surface area contributed by atoms with E-state index in [-0.39, 0.29) is 11.9 Å². The molecule has 1 spiro atoms. The first kappa shape index (κ1) is 18.3. The molecule has 1 N–H and O–H groups in total. The van der Waals surface area contributed by atoms with Crippen LogP contribution in [0.2, 0.25) is 0 Å². The molecule has 2 aliphatic rings. The number of anilines is 1. The van der Waals surface area contributed by atoms with Crippen LogP contribution in [0.1, 0.15) is 23.1 Å². The summed E-state index contributed by atoms with van der Waals surface area (Å²) in [6, 6.07) is 13.7. The van der Waals surface area contributed by atoms with Gasteiger partial charge < -0.3 is 19.9 Å². The van der Waals surface area contributed by atoms with Crippen LogP contribution in [0, 0.1) is 6.92 Å². The lowest BCUT2D eigenvalue weighted by Crippen LogP contribution is -2.44. The van der Waals surface area contributed by atoms with Gasteiger partial charge in [-0.25, -0.2) is 4.79 Å². The van der Waals surface area contributed by atoms with Crippen molar-refractivity contribution >= 4 is 17.6 Å². The lowest BCUT2D eigenvalue weighted by molar-refractivity contribution is -0.122. The standard InChI is InChI=1S/C22H25N3O3/c1-15-4-6-16(7-5-15)13-23-21(27)25-11-10-22(14-25)18-12-17(28-3)8-9-19(18)24(2)20(22)26/h4-9,12H,10-11,13-14H2,1-3H3,(H,23,27). The Balaban J connectivity index is 1.51. The zero-order valence-corrected chi connectivity index (χ0v) is 16.5.